The van der Waals surface area contributed by atoms with Crippen LogP contribution in [0.2, 0.25) is 0 Å². The molecule has 0 radical (unpaired) electrons. The second kappa shape index (κ2) is 7.77. The number of aliphatic hydroxyl groups is 1. The van der Waals surface area contributed by atoms with Gasteiger partial charge in [-0.1, -0.05) is 12.8 Å². The molecule has 0 heterocycles. The average molecular weight is 420 g/mol. The van der Waals surface area contributed by atoms with E-state index < -0.39 is 21.5 Å². The standard InChI is InChI=1S/C8H16NO4S.CH3.W/c1-9-7-4-2-6(3-5-7)8(10)14(11,12)13;;/h6-8,10H,2-5H2,1H3,(H,11,12,13);1H3;/q2*-1;+2/p-1. The summed E-state index contributed by atoms with van der Waals surface area (Å²) >= 11 is 0. The van der Waals surface area contributed by atoms with Gasteiger partial charge in [-0.3, -0.25) is 0 Å². The molecule has 1 atom stereocenters. The van der Waals surface area contributed by atoms with Gasteiger partial charge in [0.1, 0.15) is 15.6 Å². The maximum Gasteiger partial charge on any atom is 2.00 e. The molecule has 1 fully saturated rings. The van der Waals surface area contributed by atoms with Gasteiger partial charge in [0.05, 0.1) is 0 Å². The van der Waals surface area contributed by atoms with Gasteiger partial charge in [-0.15, -0.1) is 6.04 Å². The molecule has 0 saturated heterocycles. The van der Waals surface area contributed by atoms with Crippen LogP contribution in [0.4, 0.5) is 0 Å². The summed E-state index contributed by atoms with van der Waals surface area (Å²) in [6.07, 6.45) is 2.64. The van der Waals surface area contributed by atoms with Crippen LogP contribution >= 0.6 is 0 Å². The summed E-state index contributed by atoms with van der Waals surface area (Å²) in [6, 6.07) is 0.257. The zero-order chi connectivity index (χ0) is 10.8. The third kappa shape index (κ3) is 5.23. The molecule has 1 aliphatic carbocycles. The Morgan fingerprint density at radius 2 is 1.75 bits per heavy atom. The Bertz CT molecular complexity index is 275. The first-order valence-electron chi connectivity index (χ1n) is 4.67. The Kier molecular flexibility index (Phi) is 9.16. The zero-order valence-corrected chi connectivity index (χ0v) is 13.2. The minimum absolute atomic E-state index is 0. The fourth-order valence-electron chi connectivity index (χ4n) is 1.88. The zero-order valence-electron chi connectivity index (χ0n) is 9.50. The van der Waals surface area contributed by atoms with Crippen LogP contribution in [-0.2, 0) is 31.2 Å². The van der Waals surface area contributed by atoms with Crippen LogP contribution in [0.25, 0.3) is 5.32 Å². The number of rotatable bonds is 3. The first kappa shape index (κ1) is 18.9. The molecule has 0 aromatic rings. The van der Waals surface area contributed by atoms with E-state index in [-0.39, 0.29) is 34.5 Å². The molecule has 0 aliphatic heterocycles. The Morgan fingerprint density at radius 1 is 1.31 bits per heavy atom. The van der Waals surface area contributed by atoms with Gasteiger partial charge in [0.25, 0.3) is 0 Å². The van der Waals surface area contributed by atoms with Crippen molar-refractivity contribution in [1.29, 1.82) is 0 Å². The van der Waals surface area contributed by atoms with Crippen molar-refractivity contribution in [3.05, 3.63) is 12.7 Å². The van der Waals surface area contributed by atoms with Crippen LogP contribution in [0.5, 0.6) is 0 Å². The Balaban J connectivity index is 0. The Morgan fingerprint density at radius 3 is 2.06 bits per heavy atom. The summed E-state index contributed by atoms with van der Waals surface area (Å²) in [4.78, 5) is 0. The van der Waals surface area contributed by atoms with Crippen LogP contribution in [0.3, 0.4) is 0 Å². The summed E-state index contributed by atoms with van der Waals surface area (Å²) in [5.41, 5.74) is -1.74. The third-order valence-electron chi connectivity index (χ3n) is 2.81. The number of hydrogen-bond donors (Lipinski definition) is 1. The van der Waals surface area contributed by atoms with Crippen molar-refractivity contribution in [2.75, 3.05) is 7.05 Å². The average Bonchev–Trinajstić information content (AvgIpc) is 2.15. The van der Waals surface area contributed by atoms with Gasteiger partial charge in [0, 0.05) is 0 Å². The molecule has 0 amide bonds. The van der Waals surface area contributed by atoms with Gasteiger partial charge in [-0.25, -0.2) is 8.42 Å². The maximum atomic E-state index is 10.6. The first-order chi connectivity index (χ1) is 6.45. The molecular formula is C9H18NO4SW-. The number of aliphatic hydroxyl groups excluding tert-OH is 1. The van der Waals surface area contributed by atoms with E-state index in [1.165, 1.54) is 0 Å². The summed E-state index contributed by atoms with van der Waals surface area (Å²) < 4.78 is 31.7. The Labute approximate surface area is 112 Å². The maximum absolute atomic E-state index is 10.6. The van der Waals surface area contributed by atoms with Crippen LogP contribution < -0.4 is 0 Å². The molecule has 1 aliphatic rings. The van der Waals surface area contributed by atoms with Crippen molar-refractivity contribution in [3.8, 4) is 0 Å². The van der Waals surface area contributed by atoms with Gasteiger partial charge < -0.3 is 22.4 Å². The van der Waals surface area contributed by atoms with Crippen LogP contribution in [-0.4, -0.2) is 36.6 Å². The van der Waals surface area contributed by atoms with Crippen molar-refractivity contribution >= 4 is 10.1 Å². The second-order valence-corrected chi connectivity index (χ2v) is 5.18. The van der Waals surface area contributed by atoms with Crippen molar-refractivity contribution in [1.82, 2.24) is 0 Å². The van der Waals surface area contributed by atoms with Crippen molar-refractivity contribution in [3.63, 3.8) is 0 Å². The summed E-state index contributed by atoms with van der Waals surface area (Å²) in [6.45, 7) is 0. The SMILES string of the molecule is C[N-]C1CCC(C(O)S(=O)(=O)[O-])CC1.[CH3-].[W+2]. The molecule has 7 heteroatoms. The predicted molar refractivity (Wildman–Crippen MR) is 57.1 cm³/mol. The molecule has 16 heavy (non-hydrogen) atoms. The number of hydrogen-bond acceptors (Lipinski definition) is 4. The normalized spacial score (nSPS) is 27.4. The molecule has 96 valence electrons. The largest absolute Gasteiger partial charge is 2.00 e. The van der Waals surface area contributed by atoms with Crippen molar-refractivity contribution < 1.29 is 39.1 Å². The molecule has 1 saturated carbocycles. The first-order valence-corrected chi connectivity index (χ1v) is 6.14. The Hall–Kier alpha value is 0.518. The minimum Gasteiger partial charge on any atom is -0.746 e. The van der Waals surface area contributed by atoms with Gasteiger partial charge in [-0.2, -0.15) is 7.05 Å². The van der Waals surface area contributed by atoms with E-state index in [0.717, 1.165) is 12.8 Å². The molecule has 1 unspecified atom stereocenters. The van der Waals surface area contributed by atoms with Crippen molar-refractivity contribution in [2.24, 2.45) is 5.92 Å². The van der Waals surface area contributed by atoms with E-state index in [1.54, 1.807) is 7.05 Å². The minimum atomic E-state index is -4.55. The molecule has 0 spiro atoms. The predicted octanol–water partition coefficient (Wildman–Crippen LogP) is 0.860. The van der Waals surface area contributed by atoms with Gasteiger partial charge in [-0.05, 0) is 18.8 Å². The fraction of sp³-hybridized carbons (Fsp3) is 0.889. The van der Waals surface area contributed by atoms with Crippen LogP contribution in [0, 0.1) is 13.3 Å². The van der Waals surface area contributed by atoms with Gasteiger partial charge in [0.2, 0.25) is 0 Å². The van der Waals surface area contributed by atoms with Crippen LogP contribution in [0.1, 0.15) is 25.7 Å². The van der Waals surface area contributed by atoms with Crippen molar-refractivity contribution in [2.45, 2.75) is 37.2 Å². The van der Waals surface area contributed by atoms with E-state index in [9.17, 15) is 18.1 Å². The van der Waals surface area contributed by atoms with Gasteiger partial charge >= 0.3 is 21.1 Å². The quantitative estimate of drug-likeness (QED) is 0.542. The second-order valence-electron chi connectivity index (χ2n) is 3.71. The van der Waals surface area contributed by atoms with Crippen LogP contribution in [0.15, 0.2) is 0 Å². The molecule has 5 nitrogen and oxygen atoms in total. The van der Waals surface area contributed by atoms with E-state index in [2.05, 4.69) is 5.32 Å². The summed E-state index contributed by atoms with van der Waals surface area (Å²) in [7, 11) is -2.82. The summed E-state index contributed by atoms with van der Waals surface area (Å²) in [5, 5.41) is 13.3. The third-order valence-corrected chi connectivity index (χ3v) is 3.78. The molecule has 1 N–H and O–H groups in total. The van der Waals surface area contributed by atoms with E-state index >= 15 is 0 Å². The fourth-order valence-corrected chi connectivity index (χ4v) is 2.62. The monoisotopic (exact) mass is 420 g/mol. The van der Waals surface area contributed by atoms with E-state index in [1.807, 2.05) is 0 Å². The smallest absolute Gasteiger partial charge is 0.746 e. The summed E-state index contributed by atoms with van der Waals surface area (Å²) in [5.74, 6) is -0.407. The van der Waals surface area contributed by atoms with E-state index in [4.69, 9.17) is 0 Å². The molecule has 0 bridgehead atoms. The van der Waals surface area contributed by atoms with E-state index in [0.29, 0.717) is 12.8 Å². The topological polar surface area (TPSA) is 91.5 Å². The number of nitrogens with zero attached hydrogens (tertiary/aromatic N) is 1. The molecule has 1 rings (SSSR count). The molecular weight excluding hydrogens is 402 g/mol. The molecule has 0 aromatic carbocycles. The van der Waals surface area contributed by atoms with Gasteiger partial charge in [0.15, 0.2) is 0 Å². The molecule has 0 aromatic heterocycles.